The van der Waals surface area contributed by atoms with Crippen molar-refractivity contribution in [2.24, 2.45) is 0 Å². The third-order valence-corrected chi connectivity index (χ3v) is 2.89. The summed E-state index contributed by atoms with van der Waals surface area (Å²) in [6, 6.07) is 8.19. The molecule has 0 aromatic heterocycles. The van der Waals surface area contributed by atoms with Crippen LogP contribution in [0.15, 0.2) is 24.3 Å². The molecule has 0 bridgehead atoms. The van der Waals surface area contributed by atoms with Crippen molar-refractivity contribution in [1.29, 1.82) is 0 Å². The number of unbranched alkanes of at least 4 members (excludes halogenated alkanes) is 3. The van der Waals surface area contributed by atoms with E-state index in [0.717, 1.165) is 31.9 Å². The number of ether oxygens (including phenoxy) is 1. The summed E-state index contributed by atoms with van der Waals surface area (Å²) in [5.74, 6) is 0.978. The highest BCUT2D eigenvalue weighted by Gasteiger charge is 1.95. The van der Waals surface area contributed by atoms with Crippen LogP contribution < -0.4 is 10.1 Å². The van der Waals surface area contributed by atoms with Gasteiger partial charge < -0.3 is 15.2 Å². The molecular weight excluding hydrogens is 226 g/mol. The minimum atomic E-state index is 0.282. The summed E-state index contributed by atoms with van der Waals surface area (Å²) in [6.07, 6.45) is 4.82. The van der Waals surface area contributed by atoms with E-state index < -0.39 is 0 Å². The van der Waals surface area contributed by atoms with Crippen molar-refractivity contribution in [3.05, 3.63) is 29.8 Å². The van der Waals surface area contributed by atoms with E-state index in [1.54, 1.807) is 0 Å². The molecule has 0 heterocycles. The second-order valence-electron chi connectivity index (χ2n) is 4.67. The molecule has 1 aromatic carbocycles. The Morgan fingerprint density at radius 1 is 1.11 bits per heavy atom. The number of quaternary nitrogens is 1. The van der Waals surface area contributed by atoms with Crippen LogP contribution in [0.2, 0.25) is 0 Å². The van der Waals surface area contributed by atoms with Crippen LogP contribution in [0, 0.1) is 6.92 Å². The van der Waals surface area contributed by atoms with E-state index >= 15 is 0 Å². The average Bonchev–Trinajstić information content (AvgIpc) is 2.37. The second kappa shape index (κ2) is 9.92. The Morgan fingerprint density at radius 3 is 2.72 bits per heavy atom. The molecule has 0 atom stereocenters. The van der Waals surface area contributed by atoms with Crippen LogP contribution >= 0.6 is 0 Å². The molecule has 3 heteroatoms. The first-order chi connectivity index (χ1) is 8.83. The average molecular weight is 252 g/mol. The molecule has 3 N–H and O–H groups in total. The lowest BCUT2D eigenvalue weighted by atomic mass is 10.2. The second-order valence-corrected chi connectivity index (χ2v) is 4.67. The summed E-state index contributed by atoms with van der Waals surface area (Å²) in [5.41, 5.74) is 1.24. The Morgan fingerprint density at radius 2 is 1.94 bits per heavy atom. The highest BCUT2D eigenvalue weighted by molar-refractivity contribution is 5.27. The fraction of sp³-hybridized carbons (Fsp3) is 0.600. The number of hydrogen-bond acceptors (Lipinski definition) is 2. The van der Waals surface area contributed by atoms with E-state index in [1.807, 2.05) is 12.1 Å². The molecule has 3 nitrogen and oxygen atoms in total. The van der Waals surface area contributed by atoms with Crippen molar-refractivity contribution in [3.63, 3.8) is 0 Å². The van der Waals surface area contributed by atoms with E-state index in [4.69, 9.17) is 9.84 Å². The smallest absolute Gasteiger partial charge is 0.119 e. The predicted octanol–water partition coefficient (Wildman–Crippen LogP) is 1.49. The van der Waals surface area contributed by atoms with Gasteiger partial charge in [-0.1, -0.05) is 12.1 Å². The van der Waals surface area contributed by atoms with Crippen LogP contribution in [0.5, 0.6) is 5.75 Å². The molecule has 0 spiro atoms. The van der Waals surface area contributed by atoms with Gasteiger partial charge in [-0.3, -0.25) is 0 Å². The maximum atomic E-state index is 8.62. The predicted molar refractivity (Wildman–Crippen MR) is 73.9 cm³/mol. The molecule has 0 aliphatic heterocycles. The maximum absolute atomic E-state index is 8.62. The molecule has 0 unspecified atom stereocenters. The Balaban J connectivity index is 1.92. The zero-order valence-corrected chi connectivity index (χ0v) is 11.4. The Labute approximate surface area is 110 Å². The van der Waals surface area contributed by atoms with Crippen molar-refractivity contribution in [2.75, 3.05) is 26.3 Å². The summed E-state index contributed by atoms with van der Waals surface area (Å²) in [5, 5.41) is 10.8. The molecule has 18 heavy (non-hydrogen) atoms. The highest BCUT2D eigenvalue weighted by Crippen LogP contribution is 2.12. The molecule has 0 radical (unpaired) electrons. The summed E-state index contributed by atoms with van der Waals surface area (Å²) in [4.78, 5) is 0. The van der Waals surface area contributed by atoms with E-state index in [0.29, 0.717) is 0 Å². The lowest BCUT2D eigenvalue weighted by molar-refractivity contribution is -0.656. The summed E-state index contributed by atoms with van der Waals surface area (Å²) >= 11 is 0. The maximum Gasteiger partial charge on any atom is 0.119 e. The summed E-state index contributed by atoms with van der Waals surface area (Å²) in [6.45, 7) is 5.12. The molecule has 1 aromatic rings. The van der Waals surface area contributed by atoms with Gasteiger partial charge in [-0.05, 0) is 50.3 Å². The number of aryl methyl sites for hydroxylation is 1. The molecule has 1 rings (SSSR count). The van der Waals surface area contributed by atoms with Gasteiger partial charge in [-0.15, -0.1) is 0 Å². The topological polar surface area (TPSA) is 46.1 Å². The molecule has 0 saturated carbocycles. The SMILES string of the molecule is Cc1cccc(OCCCCCC[NH2+]CCO)c1. The molecule has 0 aliphatic carbocycles. The van der Waals surface area contributed by atoms with E-state index in [-0.39, 0.29) is 6.61 Å². The lowest BCUT2D eigenvalue weighted by Crippen LogP contribution is -2.85. The molecule has 0 saturated heterocycles. The van der Waals surface area contributed by atoms with Crippen LogP contribution in [-0.2, 0) is 0 Å². The van der Waals surface area contributed by atoms with Crippen molar-refractivity contribution in [1.82, 2.24) is 0 Å². The van der Waals surface area contributed by atoms with Crippen molar-refractivity contribution in [3.8, 4) is 5.75 Å². The van der Waals surface area contributed by atoms with E-state index in [1.165, 1.54) is 24.8 Å². The molecule has 0 aliphatic rings. The molecule has 0 fully saturated rings. The van der Waals surface area contributed by atoms with Crippen molar-refractivity contribution >= 4 is 0 Å². The van der Waals surface area contributed by atoms with Crippen LogP contribution in [0.4, 0.5) is 0 Å². The Hall–Kier alpha value is -1.06. The van der Waals surface area contributed by atoms with Gasteiger partial charge in [0.05, 0.1) is 26.3 Å². The molecular formula is C15H26NO2+. The van der Waals surface area contributed by atoms with Gasteiger partial charge in [0.1, 0.15) is 5.75 Å². The van der Waals surface area contributed by atoms with Crippen LogP contribution in [-0.4, -0.2) is 31.4 Å². The minimum Gasteiger partial charge on any atom is -0.494 e. The first kappa shape index (κ1) is 15.0. The van der Waals surface area contributed by atoms with Gasteiger partial charge in [0.2, 0.25) is 0 Å². The van der Waals surface area contributed by atoms with Gasteiger partial charge in [-0.25, -0.2) is 0 Å². The summed E-state index contributed by atoms with van der Waals surface area (Å²) < 4.78 is 5.69. The van der Waals surface area contributed by atoms with Gasteiger partial charge in [-0.2, -0.15) is 0 Å². The third-order valence-electron chi connectivity index (χ3n) is 2.89. The normalized spacial score (nSPS) is 10.6. The Kier molecular flexibility index (Phi) is 8.26. The first-order valence-corrected chi connectivity index (χ1v) is 6.95. The van der Waals surface area contributed by atoms with Gasteiger partial charge in [0.15, 0.2) is 0 Å². The number of rotatable bonds is 10. The standard InChI is InChI=1S/C15H25NO2/c1-14-7-6-8-15(13-14)18-12-5-3-2-4-9-16-10-11-17/h6-8,13,16-17H,2-5,9-12H2,1H3/p+1. The van der Waals surface area contributed by atoms with Crippen molar-refractivity contribution in [2.45, 2.75) is 32.6 Å². The monoisotopic (exact) mass is 252 g/mol. The number of nitrogens with two attached hydrogens (primary N) is 1. The molecule has 102 valence electrons. The zero-order valence-electron chi connectivity index (χ0n) is 11.4. The van der Waals surface area contributed by atoms with Crippen molar-refractivity contribution < 1.29 is 15.2 Å². The van der Waals surface area contributed by atoms with Crippen LogP contribution in [0.3, 0.4) is 0 Å². The van der Waals surface area contributed by atoms with E-state index in [9.17, 15) is 0 Å². The lowest BCUT2D eigenvalue weighted by Gasteiger charge is -2.06. The van der Waals surface area contributed by atoms with Gasteiger partial charge in [0.25, 0.3) is 0 Å². The highest BCUT2D eigenvalue weighted by atomic mass is 16.5. The summed E-state index contributed by atoms with van der Waals surface area (Å²) in [7, 11) is 0. The quantitative estimate of drug-likeness (QED) is 0.620. The largest absolute Gasteiger partial charge is 0.494 e. The molecule has 0 amide bonds. The fourth-order valence-corrected chi connectivity index (χ4v) is 1.88. The number of aliphatic hydroxyl groups excluding tert-OH is 1. The number of benzene rings is 1. The number of aliphatic hydroxyl groups is 1. The Bertz CT molecular complexity index is 315. The zero-order chi connectivity index (χ0) is 13.1. The third kappa shape index (κ3) is 7.30. The minimum absolute atomic E-state index is 0.282. The van der Waals surface area contributed by atoms with E-state index in [2.05, 4.69) is 24.4 Å². The van der Waals surface area contributed by atoms with Crippen LogP contribution in [0.25, 0.3) is 0 Å². The van der Waals surface area contributed by atoms with Gasteiger partial charge in [0, 0.05) is 0 Å². The fourth-order valence-electron chi connectivity index (χ4n) is 1.88. The van der Waals surface area contributed by atoms with Crippen LogP contribution in [0.1, 0.15) is 31.2 Å². The first-order valence-electron chi connectivity index (χ1n) is 6.95. The number of hydrogen-bond donors (Lipinski definition) is 2. The van der Waals surface area contributed by atoms with Gasteiger partial charge >= 0.3 is 0 Å².